The van der Waals surface area contributed by atoms with Crippen LogP contribution in [-0.4, -0.2) is 30.6 Å². The number of hydrogen-bond acceptors (Lipinski definition) is 5. The number of carbonyl (C=O) groups is 2. The van der Waals surface area contributed by atoms with Crippen LogP contribution < -0.4 is 5.32 Å². The van der Waals surface area contributed by atoms with E-state index < -0.39 is 24.0 Å². The van der Waals surface area contributed by atoms with Gasteiger partial charge in [-0.15, -0.1) is 0 Å². The van der Waals surface area contributed by atoms with Gasteiger partial charge in [-0.1, -0.05) is 73.5 Å². The van der Waals surface area contributed by atoms with Crippen LogP contribution in [0.2, 0.25) is 0 Å². The molecule has 0 aromatic heterocycles. The summed E-state index contributed by atoms with van der Waals surface area (Å²) in [6.07, 6.45) is 1.54. The van der Waals surface area contributed by atoms with Crippen molar-refractivity contribution in [3.8, 4) is 6.07 Å². The Kier molecular flexibility index (Phi) is 7.33. The topological polar surface area (TPSA) is 88.4 Å². The van der Waals surface area contributed by atoms with Crippen LogP contribution in [0, 0.1) is 17.2 Å². The second kappa shape index (κ2) is 10.8. The second-order valence-electron chi connectivity index (χ2n) is 8.33. The van der Waals surface area contributed by atoms with Gasteiger partial charge in [0.05, 0.1) is 24.8 Å². The number of carbonyl (C=O) groups excluding carboxylic acids is 2. The van der Waals surface area contributed by atoms with Gasteiger partial charge in [-0.05, 0) is 40.8 Å². The highest BCUT2D eigenvalue weighted by atomic mass is 16.5. The minimum Gasteiger partial charge on any atom is -0.449 e. The summed E-state index contributed by atoms with van der Waals surface area (Å²) in [4.78, 5) is 25.7. The van der Waals surface area contributed by atoms with Gasteiger partial charge in [0.15, 0.2) is 6.10 Å². The van der Waals surface area contributed by atoms with Crippen molar-refractivity contribution >= 4 is 22.6 Å². The quantitative estimate of drug-likeness (QED) is 0.471. The average Bonchev–Trinajstić information content (AvgIpc) is 3.67. The number of benzene rings is 3. The molecule has 168 valence electrons. The maximum Gasteiger partial charge on any atom is 0.338 e. The molecule has 6 nitrogen and oxygen atoms in total. The molecule has 0 radical (unpaired) electrons. The Hall–Kier alpha value is -3.69. The summed E-state index contributed by atoms with van der Waals surface area (Å²) in [5.41, 5.74) is 1.38. The zero-order valence-electron chi connectivity index (χ0n) is 18.3. The van der Waals surface area contributed by atoms with E-state index in [1.807, 2.05) is 60.7 Å². The fourth-order valence-corrected chi connectivity index (χ4v) is 3.62. The van der Waals surface area contributed by atoms with Crippen LogP contribution in [0.1, 0.15) is 35.2 Å². The molecule has 0 heterocycles. The van der Waals surface area contributed by atoms with E-state index in [0.29, 0.717) is 24.5 Å². The van der Waals surface area contributed by atoms with Gasteiger partial charge in [0.2, 0.25) is 0 Å². The third-order valence-electron chi connectivity index (χ3n) is 5.64. The zero-order valence-corrected chi connectivity index (χ0v) is 18.3. The molecule has 1 aliphatic carbocycles. The predicted molar refractivity (Wildman–Crippen MR) is 124 cm³/mol. The van der Waals surface area contributed by atoms with E-state index in [1.165, 1.54) is 0 Å². The predicted octanol–water partition coefficient (Wildman–Crippen LogP) is 4.39. The standard InChI is InChI=1S/C27H26N2O4/c28-16-24(18-32-17-20-6-2-1-3-7-20)29-26(30)25(14-19-10-11-19)33-27(31)23-13-12-21-8-4-5-9-22(21)15-23/h1-9,12-13,15,19,24-25H,10-11,14,17-18H2,(H,29,30)/t24-,25+/m1/s1. The molecule has 1 aliphatic rings. The minimum atomic E-state index is -0.943. The van der Waals surface area contributed by atoms with Crippen LogP contribution >= 0.6 is 0 Å². The molecule has 1 amide bonds. The SMILES string of the molecule is N#C[C@H](COCc1ccccc1)NC(=O)[C@H](CC1CC1)OC(=O)c1ccc2ccccc2c1. The van der Waals surface area contributed by atoms with Crippen molar-refractivity contribution in [2.24, 2.45) is 5.92 Å². The molecule has 6 heteroatoms. The van der Waals surface area contributed by atoms with Crippen molar-refractivity contribution in [1.29, 1.82) is 5.26 Å². The van der Waals surface area contributed by atoms with E-state index in [-0.39, 0.29) is 6.61 Å². The van der Waals surface area contributed by atoms with Crippen LogP contribution in [0.15, 0.2) is 72.8 Å². The number of nitrogens with zero attached hydrogens (tertiary/aromatic N) is 1. The lowest BCUT2D eigenvalue weighted by Crippen LogP contribution is -2.44. The van der Waals surface area contributed by atoms with Crippen molar-refractivity contribution in [2.75, 3.05) is 6.61 Å². The highest BCUT2D eigenvalue weighted by Gasteiger charge is 2.33. The molecule has 1 N–H and O–H groups in total. The smallest absolute Gasteiger partial charge is 0.338 e. The lowest BCUT2D eigenvalue weighted by atomic mass is 10.1. The van der Waals surface area contributed by atoms with Crippen LogP contribution in [0.5, 0.6) is 0 Å². The fraction of sp³-hybridized carbons (Fsp3) is 0.296. The number of amides is 1. The van der Waals surface area contributed by atoms with Gasteiger partial charge in [0, 0.05) is 0 Å². The van der Waals surface area contributed by atoms with Crippen LogP contribution in [-0.2, 0) is 20.9 Å². The Balaban J connectivity index is 1.36. The molecule has 0 spiro atoms. The third kappa shape index (κ3) is 6.41. The summed E-state index contributed by atoms with van der Waals surface area (Å²) >= 11 is 0. The van der Waals surface area contributed by atoms with Gasteiger partial charge < -0.3 is 14.8 Å². The monoisotopic (exact) mass is 442 g/mol. The first-order chi connectivity index (χ1) is 16.1. The first-order valence-corrected chi connectivity index (χ1v) is 11.1. The summed E-state index contributed by atoms with van der Waals surface area (Å²) in [7, 11) is 0. The van der Waals surface area contributed by atoms with Gasteiger partial charge in [-0.25, -0.2) is 4.79 Å². The average molecular weight is 443 g/mol. The van der Waals surface area contributed by atoms with Crippen LogP contribution in [0.4, 0.5) is 0 Å². The van der Waals surface area contributed by atoms with E-state index in [9.17, 15) is 14.9 Å². The van der Waals surface area contributed by atoms with E-state index in [0.717, 1.165) is 29.2 Å². The largest absolute Gasteiger partial charge is 0.449 e. The van der Waals surface area contributed by atoms with Crippen molar-refractivity contribution in [2.45, 2.75) is 38.0 Å². The van der Waals surface area contributed by atoms with Gasteiger partial charge >= 0.3 is 5.97 Å². The second-order valence-corrected chi connectivity index (χ2v) is 8.33. The first kappa shape index (κ1) is 22.5. The molecule has 3 aromatic carbocycles. The Morgan fingerprint density at radius 2 is 1.73 bits per heavy atom. The van der Waals surface area contributed by atoms with E-state index in [1.54, 1.807) is 12.1 Å². The van der Waals surface area contributed by atoms with E-state index >= 15 is 0 Å². The highest BCUT2D eigenvalue weighted by molar-refractivity contribution is 5.96. The maximum atomic E-state index is 12.9. The number of fused-ring (bicyclic) bond motifs is 1. The highest BCUT2D eigenvalue weighted by Crippen LogP contribution is 2.34. The maximum absolute atomic E-state index is 12.9. The molecule has 0 aliphatic heterocycles. The molecule has 33 heavy (non-hydrogen) atoms. The summed E-state index contributed by atoms with van der Waals surface area (Å²) in [5.74, 6) is -0.652. The molecular weight excluding hydrogens is 416 g/mol. The summed E-state index contributed by atoms with van der Waals surface area (Å²) in [5, 5.41) is 14.1. The Morgan fingerprint density at radius 3 is 2.45 bits per heavy atom. The number of nitriles is 1. The van der Waals surface area contributed by atoms with Crippen LogP contribution in [0.3, 0.4) is 0 Å². The number of nitrogens with one attached hydrogen (secondary N) is 1. The first-order valence-electron chi connectivity index (χ1n) is 11.1. The summed E-state index contributed by atoms with van der Waals surface area (Å²) in [6, 6.07) is 23.9. The zero-order chi connectivity index (χ0) is 23.0. The Bertz CT molecular complexity index is 1150. The third-order valence-corrected chi connectivity index (χ3v) is 5.64. The number of rotatable bonds is 10. The molecular formula is C27H26N2O4. The number of esters is 1. The van der Waals surface area contributed by atoms with E-state index in [2.05, 4.69) is 11.4 Å². The van der Waals surface area contributed by atoms with Gasteiger partial charge in [0.1, 0.15) is 6.04 Å². The molecule has 2 atom stereocenters. The molecule has 0 bridgehead atoms. The van der Waals surface area contributed by atoms with Crippen molar-refractivity contribution < 1.29 is 19.1 Å². The molecule has 3 aromatic rings. The normalized spacial score (nSPS) is 14.8. The minimum absolute atomic E-state index is 0.0475. The number of ether oxygens (including phenoxy) is 2. The molecule has 0 saturated heterocycles. The Morgan fingerprint density at radius 1 is 1.00 bits per heavy atom. The van der Waals surface area contributed by atoms with Crippen molar-refractivity contribution in [3.05, 3.63) is 83.9 Å². The molecule has 1 saturated carbocycles. The molecule has 1 fully saturated rings. The molecule has 0 unspecified atom stereocenters. The lowest BCUT2D eigenvalue weighted by molar-refractivity contribution is -0.131. The fourth-order valence-electron chi connectivity index (χ4n) is 3.62. The van der Waals surface area contributed by atoms with Gasteiger partial charge in [-0.3, -0.25) is 4.79 Å². The number of hydrogen-bond donors (Lipinski definition) is 1. The summed E-state index contributed by atoms with van der Waals surface area (Å²) in [6.45, 7) is 0.392. The molecule has 4 rings (SSSR count). The van der Waals surface area contributed by atoms with Crippen LogP contribution in [0.25, 0.3) is 10.8 Å². The summed E-state index contributed by atoms with van der Waals surface area (Å²) < 4.78 is 11.2. The van der Waals surface area contributed by atoms with Gasteiger partial charge in [0.25, 0.3) is 5.91 Å². The van der Waals surface area contributed by atoms with Gasteiger partial charge in [-0.2, -0.15) is 5.26 Å². The van der Waals surface area contributed by atoms with Crippen molar-refractivity contribution in [1.82, 2.24) is 5.32 Å². The Labute approximate surface area is 193 Å². The van der Waals surface area contributed by atoms with Crippen molar-refractivity contribution in [3.63, 3.8) is 0 Å². The van der Waals surface area contributed by atoms with E-state index in [4.69, 9.17) is 9.47 Å². The lowest BCUT2D eigenvalue weighted by Gasteiger charge is -2.20.